The van der Waals surface area contributed by atoms with E-state index in [2.05, 4.69) is 9.97 Å². The molecule has 0 saturated carbocycles. The molecular formula is C14H8N4O2. The summed E-state index contributed by atoms with van der Waals surface area (Å²) in [6.45, 7) is 0. The van der Waals surface area contributed by atoms with Gasteiger partial charge in [0.15, 0.2) is 0 Å². The molecule has 1 N–H and O–H groups in total. The first-order chi connectivity index (χ1) is 9.70. The highest BCUT2D eigenvalue weighted by atomic mass is 16.4. The van der Waals surface area contributed by atoms with Gasteiger partial charge in [0.25, 0.3) is 0 Å². The van der Waals surface area contributed by atoms with Gasteiger partial charge in [-0.05, 0) is 18.2 Å². The molecule has 20 heavy (non-hydrogen) atoms. The number of benzene rings is 1. The normalized spacial score (nSPS) is 10.3. The van der Waals surface area contributed by atoms with E-state index >= 15 is 0 Å². The number of aromatic nitrogens is 3. The molecule has 0 aliphatic carbocycles. The number of carbonyl (C=O) groups is 1. The summed E-state index contributed by atoms with van der Waals surface area (Å²) in [5, 5.41) is 18.8. The van der Waals surface area contributed by atoms with E-state index in [9.17, 15) is 9.90 Å². The van der Waals surface area contributed by atoms with Gasteiger partial charge in [0.05, 0.1) is 22.7 Å². The highest BCUT2D eigenvalue weighted by Crippen LogP contribution is 2.24. The Labute approximate surface area is 113 Å². The standard InChI is InChI=1S/C14H8N4O2/c15-7-9-2-3-10-11(13(19)20)8-18(12(10)6-9)14-16-4-1-5-17-14/h1-6,8H,(H,19,20). The molecule has 6 heteroatoms. The second-order valence-corrected chi connectivity index (χ2v) is 4.11. The zero-order chi connectivity index (χ0) is 14.1. The lowest BCUT2D eigenvalue weighted by atomic mass is 10.1. The lowest BCUT2D eigenvalue weighted by molar-refractivity contribution is 0.0699. The molecule has 0 atom stereocenters. The van der Waals surface area contributed by atoms with Crippen molar-refractivity contribution in [1.29, 1.82) is 5.26 Å². The van der Waals surface area contributed by atoms with E-state index in [-0.39, 0.29) is 5.56 Å². The van der Waals surface area contributed by atoms with Crippen molar-refractivity contribution in [2.24, 2.45) is 0 Å². The lowest BCUT2D eigenvalue weighted by Gasteiger charge is -2.02. The van der Waals surface area contributed by atoms with E-state index in [0.717, 1.165) is 0 Å². The third-order valence-electron chi connectivity index (χ3n) is 2.93. The molecule has 0 radical (unpaired) electrons. The molecule has 96 valence electrons. The van der Waals surface area contributed by atoms with Gasteiger partial charge in [-0.15, -0.1) is 0 Å². The average Bonchev–Trinajstić information content (AvgIpc) is 2.87. The molecular weight excluding hydrogens is 256 g/mol. The Morgan fingerprint density at radius 1 is 1.30 bits per heavy atom. The first kappa shape index (κ1) is 11.9. The van der Waals surface area contributed by atoms with Crippen molar-refractivity contribution in [3.8, 4) is 12.0 Å². The first-order valence-corrected chi connectivity index (χ1v) is 5.76. The van der Waals surface area contributed by atoms with E-state index < -0.39 is 5.97 Å². The number of fused-ring (bicyclic) bond motifs is 1. The van der Waals surface area contributed by atoms with E-state index in [1.807, 2.05) is 6.07 Å². The number of rotatable bonds is 2. The fraction of sp³-hybridized carbons (Fsp3) is 0. The monoisotopic (exact) mass is 264 g/mol. The number of nitriles is 1. The summed E-state index contributed by atoms with van der Waals surface area (Å²) in [5.74, 6) is -0.672. The zero-order valence-electron chi connectivity index (χ0n) is 10.2. The smallest absolute Gasteiger partial charge is 0.337 e. The molecule has 2 aromatic heterocycles. The number of hydrogen-bond acceptors (Lipinski definition) is 4. The Kier molecular flexibility index (Phi) is 2.66. The number of aromatic carboxylic acids is 1. The molecule has 0 spiro atoms. The predicted molar refractivity (Wildman–Crippen MR) is 70.5 cm³/mol. The number of carboxylic acid groups (broad SMARTS) is 1. The Balaban J connectivity index is 2.37. The molecule has 0 aliphatic rings. The van der Waals surface area contributed by atoms with Gasteiger partial charge in [-0.2, -0.15) is 5.26 Å². The molecule has 0 amide bonds. The van der Waals surface area contributed by atoms with Crippen LogP contribution < -0.4 is 0 Å². The summed E-state index contributed by atoms with van der Waals surface area (Å²) in [7, 11) is 0. The van der Waals surface area contributed by atoms with E-state index in [1.165, 1.54) is 6.20 Å². The Morgan fingerprint density at radius 3 is 2.70 bits per heavy atom. The van der Waals surface area contributed by atoms with E-state index in [4.69, 9.17) is 5.26 Å². The van der Waals surface area contributed by atoms with E-state index in [1.54, 1.807) is 41.2 Å². The van der Waals surface area contributed by atoms with Gasteiger partial charge in [0, 0.05) is 24.0 Å². The Hall–Kier alpha value is -3.20. The van der Waals surface area contributed by atoms with Crippen LogP contribution in [0.5, 0.6) is 0 Å². The summed E-state index contributed by atoms with van der Waals surface area (Å²) in [5.41, 5.74) is 1.19. The maximum Gasteiger partial charge on any atom is 0.337 e. The van der Waals surface area contributed by atoms with Crippen molar-refractivity contribution in [3.63, 3.8) is 0 Å². The summed E-state index contributed by atoms with van der Waals surface area (Å²) in [4.78, 5) is 19.5. The minimum Gasteiger partial charge on any atom is -0.478 e. The molecule has 3 aromatic rings. The topological polar surface area (TPSA) is 91.8 Å². The van der Waals surface area contributed by atoms with Crippen molar-refractivity contribution >= 4 is 16.9 Å². The minimum absolute atomic E-state index is 0.150. The first-order valence-electron chi connectivity index (χ1n) is 5.76. The largest absolute Gasteiger partial charge is 0.478 e. The molecule has 0 aliphatic heterocycles. The summed E-state index contributed by atoms with van der Waals surface area (Å²) >= 11 is 0. The molecule has 0 saturated heterocycles. The molecule has 2 heterocycles. The average molecular weight is 264 g/mol. The maximum atomic E-state index is 11.3. The van der Waals surface area contributed by atoms with Gasteiger partial charge in [-0.3, -0.25) is 4.57 Å². The fourth-order valence-corrected chi connectivity index (χ4v) is 2.05. The molecule has 3 rings (SSSR count). The van der Waals surface area contributed by atoms with Gasteiger partial charge in [0.2, 0.25) is 5.95 Å². The van der Waals surface area contributed by atoms with Crippen LogP contribution in [0.25, 0.3) is 16.9 Å². The van der Waals surface area contributed by atoms with Crippen LogP contribution in [0.4, 0.5) is 0 Å². The summed E-state index contributed by atoms with van der Waals surface area (Å²) in [6.07, 6.45) is 4.61. The van der Waals surface area contributed by atoms with Crippen LogP contribution in [-0.2, 0) is 0 Å². The number of carboxylic acids is 1. The van der Waals surface area contributed by atoms with Crippen LogP contribution in [0.2, 0.25) is 0 Å². The van der Waals surface area contributed by atoms with Crippen LogP contribution in [0.1, 0.15) is 15.9 Å². The fourth-order valence-electron chi connectivity index (χ4n) is 2.05. The number of nitrogens with zero attached hydrogens (tertiary/aromatic N) is 4. The number of hydrogen-bond donors (Lipinski definition) is 1. The van der Waals surface area contributed by atoms with Gasteiger partial charge in [-0.1, -0.05) is 6.07 Å². The summed E-state index contributed by atoms with van der Waals surface area (Å²) < 4.78 is 1.57. The maximum absolute atomic E-state index is 11.3. The third kappa shape index (κ3) is 1.78. The molecule has 0 fully saturated rings. The van der Waals surface area contributed by atoms with Crippen LogP contribution >= 0.6 is 0 Å². The molecule has 6 nitrogen and oxygen atoms in total. The van der Waals surface area contributed by atoms with Gasteiger partial charge >= 0.3 is 5.97 Å². The van der Waals surface area contributed by atoms with Crippen LogP contribution in [0.3, 0.4) is 0 Å². The molecule has 1 aromatic carbocycles. The molecule has 0 bridgehead atoms. The third-order valence-corrected chi connectivity index (χ3v) is 2.93. The minimum atomic E-state index is -1.03. The zero-order valence-corrected chi connectivity index (χ0v) is 10.2. The van der Waals surface area contributed by atoms with Crippen molar-refractivity contribution < 1.29 is 9.90 Å². The Bertz CT molecular complexity index is 847. The highest BCUT2D eigenvalue weighted by Gasteiger charge is 2.16. The van der Waals surface area contributed by atoms with Crippen LogP contribution in [0, 0.1) is 11.3 Å². The highest BCUT2D eigenvalue weighted by molar-refractivity contribution is 6.04. The van der Waals surface area contributed by atoms with Gasteiger partial charge in [0.1, 0.15) is 0 Å². The Morgan fingerprint density at radius 2 is 2.05 bits per heavy atom. The van der Waals surface area contributed by atoms with Crippen LogP contribution in [0.15, 0.2) is 42.9 Å². The molecule has 0 unspecified atom stereocenters. The van der Waals surface area contributed by atoms with Crippen molar-refractivity contribution in [2.75, 3.05) is 0 Å². The lowest BCUT2D eigenvalue weighted by Crippen LogP contribution is -1.99. The summed E-state index contributed by atoms with van der Waals surface area (Å²) in [6, 6.07) is 8.54. The van der Waals surface area contributed by atoms with Crippen molar-refractivity contribution in [2.45, 2.75) is 0 Å². The quantitative estimate of drug-likeness (QED) is 0.764. The van der Waals surface area contributed by atoms with Gasteiger partial charge in [-0.25, -0.2) is 14.8 Å². The SMILES string of the molecule is N#Cc1ccc2c(C(=O)O)cn(-c3ncccn3)c2c1. The second-order valence-electron chi connectivity index (χ2n) is 4.11. The second kappa shape index (κ2) is 4.48. The van der Waals surface area contributed by atoms with Crippen molar-refractivity contribution in [1.82, 2.24) is 14.5 Å². The van der Waals surface area contributed by atoms with Crippen LogP contribution in [-0.4, -0.2) is 25.6 Å². The van der Waals surface area contributed by atoms with E-state index in [0.29, 0.717) is 22.4 Å². The van der Waals surface area contributed by atoms with Gasteiger partial charge < -0.3 is 5.11 Å². The predicted octanol–water partition coefficient (Wildman–Crippen LogP) is 1.99. The van der Waals surface area contributed by atoms with Crippen molar-refractivity contribution in [3.05, 3.63) is 54.0 Å².